The Morgan fingerprint density at radius 2 is 1.81 bits per heavy atom. The molecule has 0 radical (unpaired) electrons. The van der Waals surface area contributed by atoms with Crippen molar-refractivity contribution in [3.05, 3.63) is 0 Å². The Hall–Kier alpha value is -1.59. The monoisotopic (exact) mass is 293 g/mol. The van der Waals surface area contributed by atoms with Gasteiger partial charge in [0.05, 0.1) is 0 Å². The number of carbonyl (C=O) groups excluding carboxylic acids is 3. The molecular formula is C15H23N3O3. The second-order valence-electron chi connectivity index (χ2n) is 6.86. The summed E-state index contributed by atoms with van der Waals surface area (Å²) in [5.74, 6) is 0.729. The van der Waals surface area contributed by atoms with Crippen molar-refractivity contribution in [1.29, 1.82) is 0 Å². The van der Waals surface area contributed by atoms with Crippen LogP contribution in [0.5, 0.6) is 0 Å². The molecule has 6 nitrogen and oxygen atoms in total. The summed E-state index contributed by atoms with van der Waals surface area (Å²) in [6.07, 6.45) is 4.72. The molecule has 1 heterocycles. The summed E-state index contributed by atoms with van der Waals surface area (Å²) in [4.78, 5) is 37.2. The molecule has 3 aliphatic rings. The van der Waals surface area contributed by atoms with Crippen molar-refractivity contribution >= 4 is 17.8 Å². The lowest BCUT2D eigenvalue weighted by atomic mass is 10.1. The SMILES string of the molecule is CC(C)C1NC(=O)N(CC(=O)NC(C2CC2)C2CC2)C1=O. The summed E-state index contributed by atoms with van der Waals surface area (Å²) in [6, 6.07) is -0.713. The minimum atomic E-state index is -0.507. The van der Waals surface area contributed by atoms with Crippen LogP contribution < -0.4 is 10.6 Å². The minimum absolute atomic E-state index is 0.0280. The number of hydrogen-bond donors (Lipinski definition) is 2. The lowest BCUT2D eigenvalue weighted by Crippen LogP contribution is -2.46. The third-order valence-electron chi connectivity index (χ3n) is 4.61. The predicted octanol–water partition coefficient (Wildman–Crippen LogP) is 0.868. The van der Waals surface area contributed by atoms with Gasteiger partial charge >= 0.3 is 6.03 Å². The molecule has 1 unspecified atom stereocenters. The summed E-state index contributed by atoms with van der Waals surface area (Å²) in [5.41, 5.74) is 0. The van der Waals surface area contributed by atoms with E-state index in [1.54, 1.807) is 0 Å². The van der Waals surface area contributed by atoms with E-state index in [1.807, 2.05) is 13.8 Å². The summed E-state index contributed by atoms with van der Waals surface area (Å²) in [7, 11) is 0. The highest BCUT2D eigenvalue weighted by Crippen LogP contribution is 2.44. The van der Waals surface area contributed by atoms with Crippen LogP contribution in [0.3, 0.4) is 0 Å². The van der Waals surface area contributed by atoms with E-state index in [1.165, 1.54) is 25.7 Å². The van der Waals surface area contributed by atoms with Crippen LogP contribution in [0.15, 0.2) is 0 Å². The van der Waals surface area contributed by atoms with Gasteiger partial charge < -0.3 is 10.6 Å². The fourth-order valence-corrected chi connectivity index (χ4v) is 3.05. The summed E-state index contributed by atoms with van der Waals surface area (Å²) in [5, 5.41) is 5.68. The van der Waals surface area contributed by atoms with E-state index in [0.717, 1.165) is 4.90 Å². The summed E-state index contributed by atoms with van der Waals surface area (Å²) >= 11 is 0. The summed E-state index contributed by atoms with van der Waals surface area (Å²) in [6.45, 7) is 3.59. The third-order valence-corrected chi connectivity index (χ3v) is 4.61. The molecule has 3 rings (SSSR count). The fourth-order valence-electron chi connectivity index (χ4n) is 3.05. The average molecular weight is 293 g/mol. The molecule has 116 valence electrons. The number of hydrogen-bond acceptors (Lipinski definition) is 3. The number of nitrogens with one attached hydrogen (secondary N) is 2. The van der Waals surface area contributed by atoms with E-state index in [9.17, 15) is 14.4 Å². The maximum atomic E-state index is 12.2. The standard InChI is InChI=1S/C15H23N3O3/c1-8(2)12-14(20)18(15(21)17-12)7-11(19)16-13(9-3-4-9)10-5-6-10/h8-10,12-13H,3-7H2,1-2H3,(H,16,19)(H,17,21). The molecular weight excluding hydrogens is 270 g/mol. The molecule has 2 aliphatic carbocycles. The smallest absolute Gasteiger partial charge is 0.325 e. The molecule has 0 aromatic heterocycles. The van der Waals surface area contributed by atoms with Gasteiger partial charge in [-0.3, -0.25) is 14.5 Å². The largest absolute Gasteiger partial charge is 0.351 e. The highest BCUT2D eigenvalue weighted by molar-refractivity contribution is 6.06. The first kappa shape index (κ1) is 14.4. The van der Waals surface area contributed by atoms with Gasteiger partial charge in [-0.2, -0.15) is 0 Å². The molecule has 1 atom stereocenters. The van der Waals surface area contributed by atoms with Crippen molar-refractivity contribution in [3.63, 3.8) is 0 Å². The van der Waals surface area contributed by atoms with Crippen molar-refractivity contribution in [2.45, 2.75) is 51.6 Å². The highest BCUT2D eigenvalue weighted by Gasteiger charge is 2.44. The molecule has 2 N–H and O–H groups in total. The molecule has 0 spiro atoms. The first-order valence-electron chi connectivity index (χ1n) is 7.88. The number of nitrogens with zero attached hydrogens (tertiary/aromatic N) is 1. The second-order valence-corrected chi connectivity index (χ2v) is 6.86. The molecule has 2 saturated carbocycles. The van der Waals surface area contributed by atoms with Gasteiger partial charge in [-0.25, -0.2) is 4.79 Å². The van der Waals surface area contributed by atoms with Crippen molar-refractivity contribution in [2.75, 3.05) is 6.54 Å². The van der Waals surface area contributed by atoms with Gasteiger partial charge in [0.2, 0.25) is 5.91 Å². The highest BCUT2D eigenvalue weighted by atomic mass is 16.2. The van der Waals surface area contributed by atoms with Crippen LogP contribution in [0.1, 0.15) is 39.5 Å². The van der Waals surface area contributed by atoms with Gasteiger partial charge in [0.15, 0.2) is 0 Å². The first-order chi connectivity index (χ1) is 9.97. The van der Waals surface area contributed by atoms with E-state index >= 15 is 0 Å². The van der Waals surface area contributed by atoms with Crippen LogP contribution in [0.25, 0.3) is 0 Å². The Bertz CT molecular complexity index is 457. The lowest BCUT2D eigenvalue weighted by molar-refractivity contribution is -0.133. The second kappa shape index (κ2) is 5.31. The molecule has 3 fully saturated rings. The predicted molar refractivity (Wildman–Crippen MR) is 76.2 cm³/mol. The third kappa shape index (κ3) is 3.04. The van der Waals surface area contributed by atoms with Crippen molar-refractivity contribution in [2.24, 2.45) is 17.8 Å². The van der Waals surface area contributed by atoms with Gasteiger partial charge in [0.1, 0.15) is 12.6 Å². The lowest BCUT2D eigenvalue weighted by Gasteiger charge is -2.20. The Morgan fingerprint density at radius 3 is 2.24 bits per heavy atom. The van der Waals surface area contributed by atoms with Crippen molar-refractivity contribution in [1.82, 2.24) is 15.5 Å². The van der Waals surface area contributed by atoms with Crippen LogP contribution in [0, 0.1) is 17.8 Å². The van der Waals surface area contributed by atoms with E-state index < -0.39 is 12.1 Å². The Kier molecular flexibility index (Phi) is 3.63. The molecule has 6 heteroatoms. The van der Waals surface area contributed by atoms with Gasteiger partial charge in [0.25, 0.3) is 5.91 Å². The van der Waals surface area contributed by atoms with Crippen LogP contribution >= 0.6 is 0 Å². The zero-order valence-corrected chi connectivity index (χ0v) is 12.6. The zero-order chi connectivity index (χ0) is 15.1. The normalized spacial score (nSPS) is 25.7. The molecule has 4 amide bonds. The van der Waals surface area contributed by atoms with E-state index in [2.05, 4.69) is 10.6 Å². The van der Waals surface area contributed by atoms with Gasteiger partial charge in [0, 0.05) is 6.04 Å². The molecule has 0 bridgehead atoms. The van der Waals surface area contributed by atoms with Crippen LogP contribution in [-0.4, -0.2) is 41.4 Å². The maximum Gasteiger partial charge on any atom is 0.325 e. The van der Waals surface area contributed by atoms with Gasteiger partial charge in [-0.15, -0.1) is 0 Å². The van der Waals surface area contributed by atoms with Gasteiger partial charge in [-0.05, 0) is 43.4 Å². The fraction of sp³-hybridized carbons (Fsp3) is 0.800. The Morgan fingerprint density at radius 1 is 1.24 bits per heavy atom. The van der Waals surface area contributed by atoms with Crippen LogP contribution in [0.4, 0.5) is 4.79 Å². The quantitative estimate of drug-likeness (QED) is 0.713. The Balaban J connectivity index is 1.56. The molecule has 0 aromatic rings. The molecule has 1 saturated heterocycles. The van der Waals surface area contributed by atoms with Crippen LogP contribution in [-0.2, 0) is 9.59 Å². The Labute approximate surface area is 124 Å². The first-order valence-corrected chi connectivity index (χ1v) is 7.88. The van der Waals surface area contributed by atoms with Crippen molar-refractivity contribution in [3.8, 4) is 0 Å². The molecule has 21 heavy (non-hydrogen) atoms. The topological polar surface area (TPSA) is 78.5 Å². The zero-order valence-electron chi connectivity index (χ0n) is 12.6. The number of rotatable bonds is 6. The number of urea groups is 1. The number of carbonyl (C=O) groups is 3. The van der Waals surface area contributed by atoms with Gasteiger partial charge in [-0.1, -0.05) is 13.8 Å². The summed E-state index contributed by atoms with van der Waals surface area (Å²) < 4.78 is 0. The van der Waals surface area contributed by atoms with E-state index in [-0.39, 0.29) is 30.3 Å². The van der Waals surface area contributed by atoms with Crippen LogP contribution in [0.2, 0.25) is 0 Å². The van der Waals surface area contributed by atoms with Crippen molar-refractivity contribution < 1.29 is 14.4 Å². The number of amides is 4. The maximum absolute atomic E-state index is 12.2. The molecule has 0 aromatic carbocycles. The van der Waals surface area contributed by atoms with E-state index in [4.69, 9.17) is 0 Å². The number of imide groups is 1. The molecule has 1 aliphatic heterocycles. The average Bonchev–Trinajstić information content (AvgIpc) is 3.30. The minimum Gasteiger partial charge on any atom is -0.351 e. The van der Waals surface area contributed by atoms with E-state index in [0.29, 0.717) is 11.8 Å².